The van der Waals surface area contributed by atoms with Crippen molar-refractivity contribution in [1.82, 2.24) is 9.78 Å². The van der Waals surface area contributed by atoms with Gasteiger partial charge >= 0.3 is 5.97 Å². The van der Waals surface area contributed by atoms with Gasteiger partial charge in [0.15, 0.2) is 11.5 Å². The Hall–Kier alpha value is -4.52. The zero-order chi connectivity index (χ0) is 24.6. The second kappa shape index (κ2) is 11.1. The number of ether oxygens (including phenoxy) is 4. The lowest BCUT2D eigenvalue weighted by Gasteiger charge is -2.12. The molecule has 0 fully saturated rings. The molecule has 0 unspecified atom stereocenters. The van der Waals surface area contributed by atoms with Crippen LogP contribution in [0.25, 0.3) is 23.0 Å². The number of aromatic nitrogens is 2. The molecule has 0 amide bonds. The van der Waals surface area contributed by atoms with Gasteiger partial charge in [0.05, 0.1) is 32.7 Å². The van der Waals surface area contributed by atoms with E-state index >= 15 is 0 Å². The van der Waals surface area contributed by atoms with Gasteiger partial charge in [0.2, 0.25) is 5.75 Å². The monoisotopic (exact) mass is 470 g/mol. The molecular formula is C28H26N2O5. The lowest BCUT2D eigenvalue weighted by atomic mass is 10.1. The molecule has 0 aliphatic carbocycles. The first kappa shape index (κ1) is 23.6. The second-order valence-electron chi connectivity index (χ2n) is 7.55. The van der Waals surface area contributed by atoms with E-state index in [-0.39, 0.29) is 6.61 Å². The van der Waals surface area contributed by atoms with Crippen molar-refractivity contribution in [3.05, 3.63) is 96.2 Å². The van der Waals surface area contributed by atoms with Gasteiger partial charge in [-0.1, -0.05) is 48.5 Å². The van der Waals surface area contributed by atoms with Crippen LogP contribution >= 0.6 is 0 Å². The average Bonchev–Trinajstić information content (AvgIpc) is 3.35. The van der Waals surface area contributed by atoms with Crippen molar-refractivity contribution in [2.75, 3.05) is 21.3 Å². The summed E-state index contributed by atoms with van der Waals surface area (Å²) in [6.45, 7) is 0.0789. The number of hydrogen-bond acceptors (Lipinski definition) is 6. The molecule has 0 radical (unpaired) electrons. The third-order valence-electron chi connectivity index (χ3n) is 5.33. The van der Waals surface area contributed by atoms with Crippen LogP contribution in [0.4, 0.5) is 0 Å². The molecule has 178 valence electrons. The Morgan fingerprint density at radius 3 is 2.11 bits per heavy atom. The standard InChI is InChI=1S/C28H26N2O5/c1-32-24-16-20(17-25(33-2)28(24)34-3)14-15-26(31)35-19-22-18-30(23-12-8-5-9-13-23)29-27(22)21-10-6-4-7-11-21/h4-18H,19H2,1-3H3/b15-14+. The fraction of sp³-hybridized carbons (Fsp3) is 0.143. The zero-order valence-electron chi connectivity index (χ0n) is 19.8. The Kier molecular flexibility index (Phi) is 7.47. The van der Waals surface area contributed by atoms with Gasteiger partial charge in [-0.05, 0) is 35.9 Å². The van der Waals surface area contributed by atoms with Crippen LogP contribution in [0.15, 0.2) is 85.1 Å². The number of hydrogen-bond donors (Lipinski definition) is 0. The van der Waals surface area contributed by atoms with Crippen LogP contribution in [-0.4, -0.2) is 37.1 Å². The van der Waals surface area contributed by atoms with Crippen LogP contribution in [0.2, 0.25) is 0 Å². The normalized spacial score (nSPS) is 10.8. The van der Waals surface area contributed by atoms with Crippen LogP contribution in [-0.2, 0) is 16.1 Å². The molecule has 0 aliphatic heterocycles. The van der Waals surface area contributed by atoms with Crippen LogP contribution in [0.3, 0.4) is 0 Å². The van der Waals surface area contributed by atoms with E-state index in [2.05, 4.69) is 0 Å². The summed E-state index contributed by atoms with van der Waals surface area (Å²) in [7, 11) is 4.62. The van der Waals surface area contributed by atoms with Gasteiger partial charge in [0.25, 0.3) is 0 Å². The molecule has 0 aliphatic rings. The number of esters is 1. The maximum Gasteiger partial charge on any atom is 0.331 e. The van der Waals surface area contributed by atoms with Gasteiger partial charge in [-0.2, -0.15) is 5.10 Å². The third-order valence-corrected chi connectivity index (χ3v) is 5.33. The first-order valence-electron chi connectivity index (χ1n) is 11.0. The Bertz CT molecular complexity index is 1290. The SMILES string of the molecule is COc1cc(/C=C/C(=O)OCc2cn(-c3ccccc3)nc2-c2ccccc2)cc(OC)c1OC. The Labute approximate surface area is 204 Å². The molecule has 0 atom stereocenters. The second-order valence-corrected chi connectivity index (χ2v) is 7.55. The number of carbonyl (C=O) groups is 1. The highest BCUT2D eigenvalue weighted by Crippen LogP contribution is 2.38. The summed E-state index contributed by atoms with van der Waals surface area (Å²) in [5.74, 6) is 1.00. The van der Waals surface area contributed by atoms with Gasteiger partial charge in [-0.15, -0.1) is 0 Å². The molecule has 4 rings (SSSR count). The smallest absolute Gasteiger partial charge is 0.331 e. The zero-order valence-corrected chi connectivity index (χ0v) is 19.8. The third kappa shape index (κ3) is 5.52. The fourth-order valence-corrected chi connectivity index (χ4v) is 3.63. The van der Waals surface area contributed by atoms with Crippen molar-refractivity contribution in [1.29, 1.82) is 0 Å². The minimum Gasteiger partial charge on any atom is -0.493 e. The van der Waals surface area contributed by atoms with Crippen molar-refractivity contribution in [2.45, 2.75) is 6.61 Å². The summed E-state index contributed by atoms with van der Waals surface area (Å²) in [6, 6.07) is 23.1. The lowest BCUT2D eigenvalue weighted by molar-refractivity contribution is -0.138. The maximum atomic E-state index is 12.5. The molecule has 3 aromatic carbocycles. The van der Waals surface area contributed by atoms with E-state index in [1.807, 2.05) is 66.9 Å². The molecule has 0 spiro atoms. The molecule has 7 heteroatoms. The summed E-state index contributed by atoms with van der Waals surface area (Å²) in [6.07, 6.45) is 4.89. The van der Waals surface area contributed by atoms with Gasteiger partial charge < -0.3 is 18.9 Å². The van der Waals surface area contributed by atoms with Crippen LogP contribution in [0, 0.1) is 0 Å². The highest BCUT2D eigenvalue weighted by atomic mass is 16.5. The van der Waals surface area contributed by atoms with Crippen molar-refractivity contribution in [2.24, 2.45) is 0 Å². The largest absolute Gasteiger partial charge is 0.493 e. The molecule has 1 heterocycles. The predicted octanol–water partition coefficient (Wildman–Crippen LogP) is 5.32. The van der Waals surface area contributed by atoms with E-state index in [0.29, 0.717) is 22.8 Å². The Morgan fingerprint density at radius 2 is 1.51 bits per heavy atom. The summed E-state index contributed by atoms with van der Waals surface area (Å²) >= 11 is 0. The number of nitrogens with zero attached hydrogens (tertiary/aromatic N) is 2. The highest BCUT2D eigenvalue weighted by molar-refractivity contribution is 5.87. The van der Waals surface area contributed by atoms with E-state index in [4.69, 9.17) is 24.0 Å². The van der Waals surface area contributed by atoms with E-state index < -0.39 is 5.97 Å². The highest BCUT2D eigenvalue weighted by Gasteiger charge is 2.15. The first-order valence-corrected chi connectivity index (χ1v) is 11.0. The van der Waals surface area contributed by atoms with Gasteiger partial charge in [-0.25, -0.2) is 9.48 Å². The molecule has 4 aromatic rings. The van der Waals surface area contributed by atoms with Crippen molar-refractivity contribution >= 4 is 12.0 Å². The van der Waals surface area contributed by atoms with Crippen molar-refractivity contribution < 1.29 is 23.7 Å². The van der Waals surface area contributed by atoms with E-state index in [1.165, 1.54) is 13.2 Å². The maximum absolute atomic E-state index is 12.5. The van der Waals surface area contributed by atoms with E-state index in [0.717, 1.165) is 22.5 Å². The molecular weight excluding hydrogens is 444 g/mol. The minimum atomic E-state index is -0.481. The van der Waals surface area contributed by atoms with Crippen molar-refractivity contribution in [3.63, 3.8) is 0 Å². The lowest BCUT2D eigenvalue weighted by Crippen LogP contribution is -2.01. The predicted molar refractivity (Wildman–Crippen MR) is 134 cm³/mol. The number of methoxy groups -OCH3 is 3. The molecule has 0 saturated heterocycles. The van der Waals surface area contributed by atoms with Crippen LogP contribution in [0.5, 0.6) is 17.2 Å². The molecule has 0 bridgehead atoms. The minimum absolute atomic E-state index is 0.0789. The molecule has 35 heavy (non-hydrogen) atoms. The summed E-state index contributed by atoms with van der Waals surface area (Å²) < 4.78 is 23.4. The topological polar surface area (TPSA) is 71.8 Å². The average molecular weight is 471 g/mol. The fourth-order valence-electron chi connectivity index (χ4n) is 3.63. The summed E-state index contributed by atoms with van der Waals surface area (Å²) in [5.41, 5.74) is 4.13. The Morgan fingerprint density at radius 1 is 0.886 bits per heavy atom. The van der Waals surface area contributed by atoms with E-state index in [9.17, 15) is 4.79 Å². The van der Waals surface area contributed by atoms with Gasteiger partial charge in [0, 0.05) is 23.4 Å². The molecule has 0 N–H and O–H groups in total. The first-order chi connectivity index (χ1) is 17.1. The van der Waals surface area contributed by atoms with Crippen LogP contribution < -0.4 is 14.2 Å². The summed E-state index contributed by atoms with van der Waals surface area (Å²) in [4.78, 5) is 12.5. The van der Waals surface area contributed by atoms with Gasteiger partial charge in [0.1, 0.15) is 6.61 Å². The quantitative estimate of drug-likeness (QED) is 0.244. The number of carbonyl (C=O) groups excluding carboxylic acids is 1. The number of rotatable bonds is 9. The molecule has 1 aromatic heterocycles. The number of benzene rings is 3. The molecule has 0 saturated carbocycles. The van der Waals surface area contributed by atoms with Gasteiger partial charge in [-0.3, -0.25) is 0 Å². The van der Waals surface area contributed by atoms with E-state index in [1.54, 1.807) is 37.1 Å². The number of para-hydroxylation sites is 1. The Balaban J connectivity index is 1.53. The van der Waals surface area contributed by atoms with Crippen LogP contribution in [0.1, 0.15) is 11.1 Å². The van der Waals surface area contributed by atoms with Crippen molar-refractivity contribution in [3.8, 4) is 34.2 Å². The molecule has 7 nitrogen and oxygen atoms in total. The summed E-state index contributed by atoms with van der Waals surface area (Å²) in [5, 5.41) is 4.74.